The van der Waals surface area contributed by atoms with Gasteiger partial charge < -0.3 is 19.5 Å². The zero-order valence-corrected chi connectivity index (χ0v) is 21.0. The molecule has 3 aromatic rings. The molecule has 0 saturated heterocycles. The quantitative estimate of drug-likeness (QED) is 0.303. The maximum absolute atomic E-state index is 12.7. The smallest absolute Gasteiger partial charge is 0.341 e. The number of carbonyl (C=O) groups is 2. The molecular formula is C28H29NO5S. The summed E-state index contributed by atoms with van der Waals surface area (Å²) in [6.45, 7) is 2.44. The normalized spacial score (nSPS) is 12.8. The first kappa shape index (κ1) is 24.5. The van der Waals surface area contributed by atoms with E-state index < -0.39 is 5.97 Å². The lowest BCUT2D eigenvalue weighted by molar-refractivity contribution is -0.111. The lowest BCUT2D eigenvalue weighted by Gasteiger charge is -2.16. The number of benzene rings is 2. The summed E-state index contributed by atoms with van der Waals surface area (Å²) < 4.78 is 15.9. The largest absolute Gasteiger partial charge is 0.493 e. The number of aryl methyl sites for hydroxylation is 2. The van der Waals surface area contributed by atoms with Crippen LogP contribution in [0.3, 0.4) is 0 Å². The van der Waals surface area contributed by atoms with E-state index in [1.165, 1.54) is 48.5 Å². The molecule has 1 aliphatic rings. The summed E-state index contributed by atoms with van der Waals surface area (Å²) in [6.07, 6.45) is 7.64. The van der Waals surface area contributed by atoms with Gasteiger partial charge in [0.05, 0.1) is 20.8 Å². The van der Waals surface area contributed by atoms with Crippen molar-refractivity contribution in [2.45, 2.75) is 32.6 Å². The first-order valence-corrected chi connectivity index (χ1v) is 12.5. The van der Waals surface area contributed by atoms with Gasteiger partial charge in [0, 0.05) is 17.0 Å². The van der Waals surface area contributed by atoms with Crippen LogP contribution in [0.5, 0.6) is 11.5 Å². The van der Waals surface area contributed by atoms with Crippen molar-refractivity contribution in [2.75, 3.05) is 26.1 Å². The summed E-state index contributed by atoms with van der Waals surface area (Å²) in [5, 5.41) is 5.20. The highest BCUT2D eigenvalue weighted by Crippen LogP contribution is 2.38. The van der Waals surface area contributed by atoms with Crippen LogP contribution in [-0.4, -0.2) is 32.7 Å². The Bertz CT molecular complexity index is 1260. The van der Waals surface area contributed by atoms with E-state index in [2.05, 4.69) is 17.4 Å². The van der Waals surface area contributed by atoms with Crippen molar-refractivity contribution < 1.29 is 23.8 Å². The zero-order chi connectivity index (χ0) is 24.8. The first-order chi connectivity index (χ1) is 17.0. The monoisotopic (exact) mass is 491 g/mol. The van der Waals surface area contributed by atoms with Gasteiger partial charge in [-0.15, -0.1) is 11.3 Å². The number of anilines is 1. The minimum atomic E-state index is -0.477. The lowest BCUT2D eigenvalue weighted by atomic mass is 9.89. The number of esters is 1. The molecule has 1 heterocycles. The number of ether oxygens (including phenoxy) is 3. The summed E-state index contributed by atoms with van der Waals surface area (Å²) >= 11 is 1.31. The van der Waals surface area contributed by atoms with Crippen molar-refractivity contribution >= 4 is 34.3 Å². The Morgan fingerprint density at radius 1 is 1.03 bits per heavy atom. The molecule has 182 valence electrons. The van der Waals surface area contributed by atoms with Gasteiger partial charge >= 0.3 is 5.97 Å². The Morgan fingerprint density at radius 3 is 2.57 bits per heavy atom. The molecule has 1 N–H and O–H groups in total. The molecule has 0 bridgehead atoms. The van der Waals surface area contributed by atoms with Gasteiger partial charge in [0.1, 0.15) is 10.6 Å². The third-order valence-electron chi connectivity index (χ3n) is 5.99. The van der Waals surface area contributed by atoms with Crippen LogP contribution in [-0.2, 0) is 22.4 Å². The van der Waals surface area contributed by atoms with Crippen LogP contribution in [0.25, 0.3) is 17.2 Å². The van der Waals surface area contributed by atoms with Crippen molar-refractivity contribution in [3.05, 3.63) is 70.1 Å². The van der Waals surface area contributed by atoms with Crippen LogP contribution < -0.4 is 14.8 Å². The van der Waals surface area contributed by atoms with Crippen LogP contribution >= 0.6 is 11.3 Å². The zero-order valence-electron chi connectivity index (χ0n) is 20.2. The Balaban J connectivity index is 1.56. The Hall–Kier alpha value is -3.58. The van der Waals surface area contributed by atoms with Crippen LogP contribution in [0.1, 0.15) is 46.8 Å². The van der Waals surface area contributed by atoms with Gasteiger partial charge in [-0.2, -0.15) is 0 Å². The standard InChI is InChI=1S/C28H29NO5S/c1-4-34-23-13-9-18(15-24(23)32-2)10-14-25(30)29-27-26(28(31)33-3)22(17-35-27)21-12-11-19-7-5-6-8-20(19)16-21/h9-17H,4-8H2,1-3H3,(H,29,30)/b14-10+. The van der Waals surface area contributed by atoms with E-state index in [9.17, 15) is 9.59 Å². The fourth-order valence-corrected chi connectivity index (χ4v) is 5.22. The molecule has 1 aromatic heterocycles. The number of amides is 1. The summed E-state index contributed by atoms with van der Waals surface area (Å²) in [5.74, 6) is 0.416. The number of rotatable bonds is 8. The number of hydrogen-bond acceptors (Lipinski definition) is 6. The molecule has 0 spiro atoms. The maximum atomic E-state index is 12.7. The number of carbonyl (C=O) groups excluding carboxylic acids is 2. The van der Waals surface area contributed by atoms with Gasteiger partial charge in [-0.1, -0.05) is 24.3 Å². The molecule has 0 saturated carbocycles. The van der Waals surface area contributed by atoms with Crippen molar-refractivity contribution in [3.63, 3.8) is 0 Å². The number of methoxy groups -OCH3 is 2. The fourth-order valence-electron chi connectivity index (χ4n) is 4.26. The molecule has 0 radical (unpaired) electrons. The second-order valence-corrected chi connectivity index (χ2v) is 9.08. The van der Waals surface area contributed by atoms with Crippen molar-refractivity contribution in [1.82, 2.24) is 0 Å². The number of nitrogens with one attached hydrogen (secondary N) is 1. The van der Waals surface area contributed by atoms with E-state index in [1.54, 1.807) is 25.3 Å². The Labute approximate surface area is 209 Å². The first-order valence-electron chi connectivity index (χ1n) is 11.7. The Kier molecular flexibility index (Phi) is 7.87. The topological polar surface area (TPSA) is 73.9 Å². The Morgan fingerprint density at radius 2 is 1.83 bits per heavy atom. The highest BCUT2D eigenvalue weighted by Gasteiger charge is 2.23. The van der Waals surface area contributed by atoms with Gasteiger partial charge in [-0.05, 0) is 73.1 Å². The number of fused-ring (bicyclic) bond motifs is 1. The third kappa shape index (κ3) is 5.57. The summed E-state index contributed by atoms with van der Waals surface area (Å²) in [4.78, 5) is 25.4. The van der Waals surface area contributed by atoms with E-state index in [0.717, 1.165) is 29.5 Å². The second-order valence-electron chi connectivity index (χ2n) is 8.20. The molecule has 4 rings (SSSR count). The van der Waals surface area contributed by atoms with Gasteiger partial charge in [0.15, 0.2) is 11.5 Å². The van der Waals surface area contributed by atoms with Gasteiger partial charge in [0.2, 0.25) is 5.91 Å². The number of thiophene rings is 1. The SMILES string of the molecule is CCOc1ccc(/C=C/C(=O)Nc2scc(-c3ccc4c(c3)CCCC4)c2C(=O)OC)cc1OC. The van der Waals surface area contributed by atoms with Gasteiger partial charge in [-0.25, -0.2) is 4.79 Å². The minimum absolute atomic E-state index is 0.346. The van der Waals surface area contributed by atoms with Gasteiger partial charge in [0.25, 0.3) is 0 Å². The van der Waals surface area contributed by atoms with Crippen molar-refractivity contribution in [1.29, 1.82) is 0 Å². The van der Waals surface area contributed by atoms with E-state index >= 15 is 0 Å². The van der Waals surface area contributed by atoms with Crippen LogP contribution in [0.2, 0.25) is 0 Å². The lowest BCUT2D eigenvalue weighted by Crippen LogP contribution is -2.11. The van der Waals surface area contributed by atoms with Crippen LogP contribution in [0.4, 0.5) is 5.00 Å². The maximum Gasteiger partial charge on any atom is 0.341 e. The molecule has 0 aliphatic heterocycles. The molecular weight excluding hydrogens is 462 g/mol. The molecule has 2 aromatic carbocycles. The van der Waals surface area contributed by atoms with Crippen LogP contribution in [0.15, 0.2) is 47.9 Å². The molecule has 0 fully saturated rings. The number of hydrogen-bond donors (Lipinski definition) is 1. The van der Waals surface area contributed by atoms with E-state index in [1.807, 2.05) is 24.4 Å². The van der Waals surface area contributed by atoms with E-state index in [0.29, 0.717) is 28.7 Å². The summed E-state index contributed by atoms with van der Waals surface area (Å²) in [5.41, 5.74) is 5.59. The fraction of sp³-hybridized carbons (Fsp3) is 0.286. The molecule has 1 amide bonds. The summed E-state index contributed by atoms with van der Waals surface area (Å²) in [6, 6.07) is 11.8. The summed E-state index contributed by atoms with van der Waals surface area (Å²) in [7, 11) is 2.92. The highest BCUT2D eigenvalue weighted by atomic mass is 32.1. The molecule has 0 unspecified atom stereocenters. The third-order valence-corrected chi connectivity index (χ3v) is 6.89. The van der Waals surface area contributed by atoms with Crippen molar-refractivity contribution in [2.24, 2.45) is 0 Å². The molecule has 0 atom stereocenters. The molecule has 6 nitrogen and oxygen atoms in total. The molecule has 1 aliphatic carbocycles. The van der Waals surface area contributed by atoms with E-state index in [4.69, 9.17) is 14.2 Å². The second kappa shape index (κ2) is 11.2. The van der Waals surface area contributed by atoms with Crippen molar-refractivity contribution in [3.8, 4) is 22.6 Å². The minimum Gasteiger partial charge on any atom is -0.493 e. The predicted molar refractivity (Wildman–Crippen MR) is 140 cm³/mol. The average Bonchev–Trinajstić information content (AvgIpc) is 3.30. The molecule has 35 heavy (non-hydrogen) atoms. The predicted octanol–water partition coefficient (Wildman–Crippen LogP) is 6.14. The molecule has 7 heteroatoms. The van der Waals surface area contributed by atoms with Gasteiger partial charge in [-0.3, -0.25) is 4.79 Å². The van der Waals surface area contributed by atoms with Crippen LogP contribution in [0, 0.1) is 0 Å². The average molecular weight is 492 g/mol. The highest BCUT2D eigenvalue weighted by molar-refractivity contribution is 7.15. The van der Waals surface area contributed by atoms with E-state index in [-0.39, 0.29) is 5.91 Å².